The number of aryl methyl sites for hydroxylation is 1. The van der Waals surface area contributed by atoms with E-state index in [0.717, 1.165) is 43.8 Å². The molecular weight excluding hydrogens is 505 g/mol. The zero-order chi connectivity index (χ0) is 28.3. The summed E-state index contributed by atoms with van der Waals surface area (Å²) in [6.45, 7) is 11.2. The summed E-state index contributed by atoms with van der Waals surface area (Å²) in [7, 11) is 0. The van der Waals surface area contributed by atoms with Gasteiger partial charge in [-0.2, -0.15) is 13.2 Å². The first-order valence-electron chi connectivity index (χ1n) is 13.1. The van der Waals surface area contributed by atoms with Crippen LogP contribution in [0, 0.1) is 13.8 Å². The molecule has 1 aromatic heterocycles. The van der Waals surface area contributed by atoms with Gasteiger partial charge in [0.15, 0.2) is 0 Å². The minimum absolute atomic E-state index is 0.178. The Morgan fingerprint density at radius 3 is 2.51 bits per heavy atom. The van der Waals surface area contributed by atoms with E-state index < -0.39 is 11.7 Å². The van der Waals surface area contributed by atoms with Crippen molar-refractivity contribution in [3.63, 3.8) is 0 Å². The Bertz CT molecular complexity index is 1420. The van der Waals surface area contributed by atoms with Crippen molar-refractivity contribution in [2.24, 2.45) is 0 Å². The largest absolute Gasteiger partial charge is 0.416 e. The monoisotopic (exact) mass is 538 g/mol. The van der Waals surface area contributed by atoms with Crippen LogP contribution >= 0.6 is 0 Å². The molecule has 1 aliphatic rings. The molecule has 2 aromatic carbocycles. The number of anilines is 1. The van der Waals surface area contributed by atoms with E-state index in [1.807, 2.05) is 6.92 Å². The molecule has 0 unspecified atom stereocenters. The number of hydrogen-bond donors (Lipinski definition) is 2. The molecule has 1 aliphatic heterocycles. The Hall–Kier alpha value is -3.85. The first kappa shape index (κ1) is 28.2. The molecule has 0 bridgehead atoms. The summed E-state index contributed by atoms with van der Waals surface area (Å²) in [6, 6.07) is 10.2. The third-order valence-electron chi connectivity index (χ3n) is 7.13. The number of rotatable bonds is 9. The molecule has 206 valence electrons. The summed E-state index contributed by atoms with van der Waals surface area (Å²) < 4.78 is 41.9. The highest BCUT2D eigenvalue weighted by Gasteiger charge is 2.32. The summed E-state index contributed by atoms with van der Waals surface area (Å²) in [5.41, 5.74) is 3.43. The third-order valence-corrected chi connectivity index (χ3v) is 7.13. The lowest BCUT2D eigenvalue weighted by molar-refractivity contribution is -0.137. The first-order valence-corrected chi connectivity index (χ1v) is 13.1. The lowest BCUT2D eigenvalue weighted by Crippen LogP contribution is -2.30. The van der Waals surface area contributed by atoms with Crippen LogP contribution in [-0.2, 0) is 11.0 Å². The van der Waals surface area contributed by atoms with Crippen LogP contribution in [0.1, 0.15) is 53.0 Å². The molecule has 2 N–H and O–H groups in total. The molecule has 39 heavy (non-hydrogen) atoms. The van der Waals surface area contributed by atoms with E-state index in [0.29, 0.717) is 45.8 Å². The summed E-state index contributed by atoms with van der Waals surface area (Å²) in [5, 5.41) is 5.81. The predicted octanol–water partition coefficient (Wildman–Crippen LogP) is 6.20. The number of aromatic nitrogens is 1. The average molecular weight is 539 g/mol. The van der Waals surface area contributed by atoms with Crippen molar-refractivity contribution in [2.45, 2.75) is 40.3 Å². The summed E-state index contributed by atoms with van der Waals surface area (Å²) in [5.74, 6) is -0.541. The standard InChI is InChI=1S/C30H33F3N4O2/c1-5-36(6-2)15-9-14-34-29(39)26-19(3)17-37(20(26)4)18-24-27-23(12-8-13-25(27)35-28(24)38)21-10-7-11-22(16-21)30(31,32)33/h7-8,10-13,16-18H,5-6,9,14-15H2,1-4H3,(H,34,39)(H,35,38). The molecule has 0 saturated carbocycles. The molecule has 0 aliphatic carbocycles. The molecule has 0 saturated heterocycles. The van der Waals surface area contributed by atoms with Crippen molar-refractivity contribution in [2.75, 3.05) is 31.5 Å². The second-order valence-electron chi connectivity index (χ2n) is 9.62. The Balaban J connectivity index is 1.65. The van der Waals surface area contributed by atoms with Crippen molar-refractivity contribution >= 4 is 29.3 Å². The van der Waals surface area contributed by atoms with E-state index in [1.54, 1.807) is 48.2 Å². The molecular formula is C30H33F3N4O2. The Morgan fingerprint density at radius 1 is 1.10 bits per heavy atom. The number of amides is 2. The van der Waals surface area contributed by atoms with E-state index in [1.165, 1.54) is 6.07 Å². The first-order chi connectivity index (χ1) is 18.5. The minimum atomic E-state index is -4.48. The average Bonchev–Trinajstić information content (AvgIpc) is 3.37. The summed E-state index contributed by atoms with van der Waals surface area (Å²) in [4.78, 5) is 28.3. The van der Waals surface area contributed by atoms with Gasteiger partial charge in [0, 0.05) is 35.9 Å². The lowest BCUT2D eigenvalue weighted by Gasteiger charge is -2.17. The fourth-order valence-electron chi connectivity index (χ4n) is 5.01. The van der Waals surface area contributed by atoms with E-state index in [4.69, 9.17) is 0 Å². The highest BCUT2D eigenvalue weighted by Crippen LogP contribution is 2.41. The van der Waals surface area contributed by atoms with Crippen LogP contribution < -0.4 is 10.6 Å². The van der Waals surface area contributed by atoms with Gasteiger partial charge in [0.2, 0.25) is 0 Å². The molecule has 6 nitrogen and oxygen atoms in total. The van der Waals surface area contributed by atoms with Crippen molar-refractivity contribution < 1.29 is 22.8 Å². The third kappa shape index (κ3) is 5.93. The Morgan fingerprint density at radius 2 is 1.82 bits per heavy atom. The zero-order valence-corrected chi connectivity index (χ0v) is 22.6. The van der Waals surface area contributed by atoms with E-state index in [2.05, 4.69) is 29.4 Å². The maximum atomic E-state index is 13.4. The summed E-state index contributed by atoms with van der Waals surface area (Å²) >= 11 is 0. The van der Waals surface area contributed by atoms with Gasteiger partial charge in [-0.05, 0) is 74.8 Å². The molecule has 0 radical (unpaired) electrons. The van der Waals surface area contributed by atoms with Crippen LogP contribution in [-0.4, -0.2) is 47.5 Å². The SMILES string of the molecule is CCN(CC)CCCNC(=O)c1c(C)cn(C=C2C(=O)Nc3cccc(-c4cccc(C(F)(F)F)c4)c32)c1C. The van der Waals surface area contributed by atoms with Crippen molar-refractivity contribution in [3.8, 4) is 11.1 Å². The van der Waals surface area contributed by atoms with Gasteiger partial charge in [-0.25, -0.2) is 0 Å². The van der Waals surface area contributed by atoms with Crippen molar-refractivity contribution in [1.82, 2.24) is 14.8 Å². The number of carbonyl (C=O) groups excluding carboxylic acids is 2. The Kier molecular flexibility index (Phi) is 8.30. The Labute approximate surface area is 226 Å². The van der Waals surface area contributed by atoms with Gasteiger partial charge in [0.25, 0.3) is 11.8 Å². The number of carbonyl (C=O) groups is 2. The molecule has 0 atom stereocenters. The maximum absolute atomic E-state index is 13.4. The minimum Gasteiger partial charge on any atom is -0.352 e. The van der Waals surface area contributed by atoms with Crippen LogP contribution in [0.3, 0.4) is 0 Å². The number of halogens is 3. The number of hydrogen-bond acceptors (Lipinski definition) is 3. The molecule has 2 heterocycles. The van der Waals surface area contributed by atoms with Crippen LogP contribution in [0.2, 0.25) is 0 Å². The zero-order valence-electron chi connectivity index (χ0n) is 22.6. The molecule has 0 fully saturated rings. The van der Waals surface area contributed by atoms with Crippen LogP contribution in [0.4, 0.5) is 18.9 Å². The van der Waals surface area contributed by atoms with Gasteiger partial charge in [-0.3, -0.25) is 9.59 Å². The number of alkyl halides is 3. The topological polar surface area (TPSA) is 66.4 Å². The van der Waals surface area contributed by atoms with Crippen molar-refractivity contribution in [3.05, 3.63) is 76.6 Å². The molecule has 9 heteroatoms. The lowest BCUT2D eigenvalue weighted by atomic mass is 9.94. The highest BCUT2D eigenvalue weighted by atomic mass is 19.4. The number of nitrogens with one attached hydrogen (secondary N) is 2. The molecule has 3 aromatic rings. The van der Waals surface area contributed by atoms with Crippen LogP contribution in [0.15, 0.2) is 48.7 Å². The second-order valence-corrected chi connectivity index (χ2v) is 9.62. The van der Waals surface area contributed by atoms with Crippen molar-refractivity contribution in [1.29, 1.82) is 0 Å². The predicted molar refractivity (Wildman–Crippen MR) is 148 cm³/mol. The van der Waals surface area contributed by atoms with Gasteiger partial charge < -0.3 is 20.1 Å². The van der Waals surface area contributed by atoms with Crippen LogP contribution in [0.5, 0.6) is 0 Å². The summed E-state index contributed by atoms with van der Waals surface area (Å²) in [6.07, 6.45) is -0.225. The molecule has 2 amide bonds. The van der Waals surface area contributed by atoms with Gasteiger partial charge in [0.1, 0.15) is 0 Å². The second kappa shape index (κ2) is 11.5. The number of fused-ring (bicyclic) bond motifs is 1. The fourth-order valence-corrected chi connectivity index (χ4v) is 5.01. The molecule has 4 rings (SSSR count). The molecule has 0 spiro atoms. The number of benzene rings is 2. The normalized spacial score (nSPS) is 14.2. The number of nitrogens with zero attached hydrogens (tertiary/aromatic N) is 2. The smallest absolute Gasteiger partial charge is 0.352 e. The van der Waals surface area contributed by atoms with Gasteiger partial charge in [-0.1, -0.05) is 38.1 Å². The quantitative estimate of drug-likeness (QED) is 0.252. The highest BCUT2D eigenvalue weighted by molar-refractivity contribution is 6.35. The fraction of sp³-hybridized carbons (Fsp3) is 0.333. The van der Waals surface area contributed by atoms with E-state index >= 15 is 0 Å². The van der Waals surface area contributed by atoms with Crippen LogP contribution in [0.25, 0.3) is 22.9 Å². The maximum Gasteiger partial charge on any atom is 0.416 e. The van der Waals surface area contributed by atoms with E-state index in [9.17, 15) is 22.8 Å². The van der Waals surface area contributed by atoms with Gasteiger partial charge in [-0.15, -0.1) is 0 Å². The van der Waals surface area contributed by atoms with Gasteiger partial charge in [0.05, 0.1) is 16.7 Å². The van der Waals surface area contributed by atoms with Gasteiger partial charge >= 0.3 is 6.18 Å². The van der Waals surface area contributed by atoms with E-state index in [-0.39, 0.29) is 11.8 Å².